The molecule has 2 heterocycles. The minimum absolute atomic E-state index is 0.191. The van der Waals surface area contributed by atoms with Gasteiger partial charge in [0.1, 0.15) is 5.75 Å². The number of hydrogen-bond acceptors (Lipinski definition) is 5. The van der Waals surface area contributed by atoms with Gasteiger partial charge in [-0.2, -0.15) is 0 Å². The van der Waals surface area contributed by atoms with Crippen molar-refractivity contribution in [3.05, 3.63) is 66.2 Å². The summed E-state index contributed by atoms with van der Waals surface area (Å²) in [6.07, 6.45) is 1.08. The molecule has 3 N–H and O–H groups in total. The number of anilines is 2. The molecule has 1 atom stereocenters. The summed E-state index contributed by atoms with van der Waals surface area (Å²) in [6, 6.07) is 19.6. The number of nitrogen functional groups attached to an aromatic ring is 1. The molecule has 5 nitrogen and oxygen atoms in total. The Hall–Kier alpha value is -3.08. The van der Waals surface area contributed by atoms with Crippen LogP contribution < -0.4 is 10.6 Å². The minimum atomic E-state index is 0.191. The van der Waals surface area contributed by atoms with Gasteiger partial charge in [0.15, 0.2) is 5.82 Å². The highest BCUT2D eigenvalue weighted by atomic mass is 16.3. The first kappa shape index (κ1) is 15.4. The van der Waals surface area contributed by atoms with Crippen molar-refractivity contribution in [1.82, 2.24) is 10.2 Å². The molecule has 3 aromatic rings. The molecule has 0 spiro atoms. The Morgan fingerprint density at radius 2 is 1.76 bits per heavy atom. The predicted octanol–water partition coefficient (Wildman–Crippen LogP) is 3.43. The summed E-state index contributed by atoms with van der Waals surface area (Å²) in [5, 5.41) is 18.3. The van der Waals surface area contributed by atoms with Crippen LogP contribution in [0.25, 0.3) is 11.3 Å². The smallest absolute Gasteiger partial charge is 0.169 e. The summed E-state index contributed by atoms with van der Waals surface area (Å²) in [6.45, 7) is 1.83. The molecule has 4 rings (SSSR count). The molecule has 1 aliphatic heterocycles. The Kier molecular flexibility index (Phi) is 3.98. The molecule has 2 aromatic carbocycles. The summed E-state index contributed by atoms with van der Waals surface area (Å²) >= 11 is 0. The van der Waals surface area contributed by atoms with Gasteiger partial charge in [0.25, 0.3) is 0 Å². The Morgan fingerprint density at radius 1 is 1.00 bits per heavy atom. The Labute approximate surface area is 146 Å². The topological polar surface area (TPSA) is 75.3 Å². The minimum Gasteiger partial charge on any atom is -0.507 e. The molecule has 1 aliphatic rings. The van der Waals surface area contributed by atoms with Gasteiger partial charge in [-0.05, 0) is 30.2 Å². The summed E-state index contributed by atoms with van der Waals surface area (Å²) in [4.78, 5) is 2.26. The molecule has 0 radical (unpaired) electrons. The van der Waals surface area contributed by atoms with Crippen molar-refractivity contribution in [1.29, 1.82) is 0 Å². The monoisotopic (exact) mass is 332 g/mol. The second-order valence-corrected chi connectivity index (χ2v) is 6.36. The third-order valence-corrected chi connectivity index (χ3v) is 4.78. The zero-order chi connectivity index (χ0) is 17.2. The van der Waals surface area contributed by atoms with Crippen LogP contribution in [0.4, 0.5) is 11.5 Å². The maximum Gasteiger partial charge on any atom is 0.169 e. The third kappa shape index (κ3) is 3.01. The van der Waals surface area contributed by atoms with Crippen LogP contribution in [0.2, 0.25) is 0 Å². The number of nitrogens with two attached hydrogens (primary N) is 1. The fraction of sp³-hybridized carbons (Fsp3) is 0.200. The van der Waals surface area contributed by atoms with Gasteiger partial charge in [0.05, 0.1) is 11.4 Å². The van der Waals surface area contributed by atoms with Crippen LogP contribution in [-0.4, -0.2) is 28.4 Å². The Balaban J connectivity index is 1.63. The second kappa shape index (κ2) is 6.43. The largest absolute Gasteiger partial charge is 0.507 e. The molecule has 1 fully saturated rings. The van der Waals surface area contributed by atoms with Crippen molar-refractivity contribution in [2.24, 2.45) is 0 Å². The van der Waals surface area contributed by atoms with E-state index in [-0.39, 0.29) is 5.75 Å². The Bertz CT molecular complexity index is 882. The maximum atomic E-state index is 10.1. The first-order valence-electron chi connectivity index (χ1n) is 8.44. The molecule has 1 aromatic heterocycles. The van der Waals surface area contributed by atoms with E-state index in [0.29, 0.717) is 23.0 Å². The lowest BCUT2D eigenvalue weighted by atomic mass is 9.99. The molecule has 25 heavy (non-hydrogen) atoms. The summed E-state index contributed by atoms with van der Waals surface area (Å²) in [5.41, 5.74) is 9.62. The number of aromatic hydroxyl groups is 1. The molecule has 0 bridgehead atoms. The first-order chi connectivity index (χ1) is 12.2. The molecule has 1 unspecified atom stereocenters. The molecular formula is C20H20N4O. The summed E-state index contributed by atoms with van der Waals surface area (Å²) in [7, 11) is 0. The number of nitrogens with zero attached hydrogens (tertiary/aromatic N) is 3. The van der Waals surface area contributed by atoms with Gasteiger partial charge in [0, 0.05) is 24.6 Å². The number of aromatic nitrogens is 2. The van der Waals surface area contributed by atoms with Crippen LogP contribution in [0.1, 0.15) is 17.9 Å². The predicted molar refractivity (Wildman–Crippen MR) is 99.6 cm³/mol. The summed E-state index contributed by atoms with van der Waals surface area (Å²) in [5.74, 6) is 1.10. The first-order valence-corrected chi connectivity index (χ1v) is 8.44. The van der Waals surface area contributed by atoms with Crippen LogP contribution in [0, 0.1) is 0 Å². The highest BCUT2D eigenvalue weighted by molar-refractivity contribution is 5.74. The number of phenols is 1. The van der Waals surface area contributed by atoms with E-state index < -0.39 is 0 Å². The maximum absolute atomic E-state index is 10.1. The van der Waals surface area contributed by atoms with E-state index in [1.807, 2.05) is 24.3 Å². The van der Waals surface area contributed by atoms with Crippen molar-refractivity contribution in [2.75, 3.05) is 23.7 Å². The van der Waals surface area contributed by atoms with E-state index in [4.69, 9.17) is 5.73 Å². The number of rotatable bonds is 3. The van der Waals surface area contributed by atoms with Crippen molar-refractivity contribution >= 4 is 11.5 Å². The molecule has 0 saturated carbocycles. The van der Waals surface area contributed by atoms with Gasteiger partial charge < -0.3 is 15.7 Å². The van der Waals surface area contributed by atoms with E-state index in [9.17, 15) is 5.11 Å². The standard InChI is InChI=1S/C20H20N4O/c21-20-18(12-17(22-23-20)16-8-4-5-9-19(16)25)24-11-10-15(13-24)14-6-2-1-3-7-14/h1-9,12,15,25H,10-11,13H2,(H2,21,23). The van der Waals surface area contributed by atoms with Gasteiger partial charge in [-0.3, -0.25) is 0 Å². The highest BCUT2D eigenvalue weighted by Crippen LogP contribution is 2.35. The molecular weight excluding hydrogens is 312 g/mol. The van der Waals surface area contributed by atoms with Gasteiger partial charge in [0.2, 0.25) is 0 Å². The molecule has 0 aliphatic carbocycles. The number of benzene rings is 2. The van der Waals surface area contributed by atoms with Crippen LogP contribution in [0.5, 0.6) is 5.75 Å². The van der Waals surface area contributed by atoms with Crippen molar-refractivity contribution in [3.63, 3.8) is 0 Å². The van der Waals surface area contributed by atoms with E-state index in [1.165, 1.54) is 5.56 Å². The quantitative estimate of drug-likeness (QED) is 0.768. The average molecular weight is 332 g/mol. The molecule has 0 amide bonds. The fourth-order valence-electron chi connectivity index (χ4n) is 3.44. The van der Waals surface area contributed by atoms with Gasteiger partial charge in [-0.25, -0.2) is 0 Å². The molecule has 1 saturated heterocycles. The van der Waals surface area contributed by atoms with Crippen LogP contribution in [0.15, 0.2) is 60.7 Å². The molecule has 126 valence electrons. The fourth-order valence-corrected chi connectivity index (χ4v) is 3.44. The average Bonchev–Trinajstić information content (AvgIpc) is 3.13. The van der Waals surface area contributed by atoms with E-state index in [0.717, 1.165) is 25.2 Å². The van der Waals surface area contributed by atoms with E-state index >= 15 is 0 Å². The van der Waals surface area contributed by atoms with Crippen LogP contribution >= 0.6 is 0 Å². The zero-order valence-corrected chi connectivity index (χ0v) is 13.8. The number of phenolic OH excluding ortho intramolecular Hbond substituents is 1. The molecule has 5 heteroatoms. The highest BCUT2D eigenvalue weighted by Gasteiger charge is 2.26. The van der Waals surface area contributed by atoms with Crippen molar-refractivity contribution in [2.45, 2.75) is 12.3 Å². The summed E-state index contributed by atoms with van der Waals surface area (Å²) < 4.78 is 0. The van der Waals surface area contributed by atoms with Gasteiger partial charge in [-0.1, -0.05) is 42.5 Å². The van der Waals surface area contributed by atoms with E-state index in [2.05, 4.69) is 39.4 Å². The lowest BCUT2D eigenvalue weighted by Crippen LogP contribution is -2.21. The second-order valence-electron chi connectivity index (χ2n) is 6.36. The normalized spacial score (nSPS) is 17.0. The third-order valence-electron chi connectivity index (χ3n) is 4.78. The van der Waals surface area contributed by atoms with Crippen molar-refractivity contribution < 1.29 is 5.11 Å². The lowest BCUT2D eigenvalue weighted by molar-refractivity contribution is 0.477. The SMILES string of the molecule is Nc1nnc(-c2ccccc2O)cc1N1CCC(c2ccccc2)C1. The number of para-hydroxylation sites is 1. The van der Waals surface area contributed by atoms with Crippen LogP contribution in [-0.2, 0) is 0 Å². The van der Waals surface area contributed by atoms with E-state index in [1.54, 1.807) is 12.1 Å². The van der Waals surface area contributed by atoms with Gasteiger partial charge >= 0.3 is 0 Å². The van der Waals surface area contributed by atoms with Crippen LogP contribution in [0.3, 0.4) is 0 Å². The number of hydrogen-bond donors (Lipinski definition) is 2. The van der Waals surface area contributed by atoms with Crippen molar-refractivity contribution in [3.8, 4) is 17.0 Å². The Morgan fingerprint density at radius 3 is 2.56 bits per heavy atom. The lowest BCUT2D eigenvalue weighted by Gasteiger charge is -2.20. The van der Waals surface area contributed by atoms with Gasteiger partial charge in [-0.15, -0.1) is 10.2 Å². The zero-order valence-electron chi connectivity index (χ0n) is 13.8.